The first-order valence-electron chi connectivity index (χ1n) is 9.76. The minimum atomic E-state index is -3.29. The lowest BCUT2D eigenvalue weighted by Gasteiger charge is -2.38. The highest BCUT2D eigenvalue weighted by atomic mass is 32.2. The summed E-state index contributed by atoms with van der Waals surface area (Å²) in [5.41, 5.74) is 1.80. The second-order valence-electron chi connectivity index (χ2n) is 7.82. The number of nitrogens with zero attached hydrogens (tertiary/aromatic N) is 4. The number of hydrogen-bond acceptors (Lipinski definition) is 8. The maximum Gasteiger partial charge on any atom is 0.229 e. The van der Waals surface area contributed by atoms with Gasteiger partial charge in [-0.05, 0) is 29.8 Å². The van der Waals surface area contributed by atoms with Gasteiger partial charge in [-0.25, -0.2) is 13.4 Å². The zero-order valence-corrected chi connectivity index (χ0v) is 18.0. The second kappa shape index (κ2) is 8.16. The summed E-state index contributed by atoms with van der Waals surface area (Å²) >= 11 is 0. The largest absolute Gasteiger partial charge is 0.488 e. The van der Waals surface area contributed by atoms with Gasteiger partial charge < -0.3 is 9.26 Å². The molecule has 0 atom stereocenters. The smallest absolute Gasteiger partial charge is 0.229 e. The molecule has 0 N–H and O–H groups in total. The highest BCUT2D eigenvalue weighted by Crippen LogP contribution is 2.25. The van der Waals surface area contributed by atoms with Crippen molar-refractivity contribution in [3.05, 3.63) is 54.3 Å². The third-order valence-corrected chi connectivity index (χ3v) is 5.87. The molecule has 1 aliphatic rings. The monoisotopic (exact) mass is 428 g/mol. The summed E-state index contributed by atoms with van der Waals surface area (Å²) in [6.07, 6.45) is 2.84. The van der Waals surface area contributed by atoms with Crippen LogP contribution in [-0.4, -0.2) is 53.9 Å². The van der Waals surface area contributed by atoms with Crippen molar-refractivity contribution < 1.29 is 17.7 Å². The molecule has 0 bridgehead atoms. The number of sulfone groups is 1. The molecule has 0 aliphatic carbocycles. The zero-order valence-electron chi connectivity index (χ0n) is 17.1. The summed E-state index contributed by atoms with van der Waals surface area (Å²) in [6.45, 7) is 6.33. The molecule has 30 heavy (non-hydrogen) atoms. The second-order valence-corrected chi connectivity index (χ2v) is 9.78. The van der Waals surface area contributed by atoms with Gasteiger partial charge in [0.25, 0.3) is 0 Å². The number of pyridine rings is 1. The van der Waals surface area contributed by atoms with Gasteiger partial charge in [0, 0.05) is 37.0 Å². The lowest BCUT2D eigenvalue weighted by molar-refractivity contribution is 0.0126. The Morgan fingerprint density at radius 2 is 1.83 bits per heavy atom. The first-order chi connectivity index (χ1) is 14.3. The van der Waals surface area contributed by atoms with Crippen LogP contribution >= 0.6 is 0 Å². The molecule has 9 heteroatoms. The van der Waals surface area contributed by atoms with Gasteiger partial charge in [0.1, 0.15) is 11.9 Å². The fourth-order valence-electron chi connectivity index (χ4n) is 3.18. The molecule has 1 aliphatic heterocycles. The van der Waals surface area contributed by atoms with Crippen molar-refractivity contribution in [2.75, 3.05) is 19.3 Å². The normalized spacial score (nSPS) is 15.3. The lowest BCUT2D eigenvalue weighted by Crippen LogP contribution is -2.53. The van der Waals surface area contributed by atoms with Crippen LogP contribution in [0.25, 0.3) is 11.1 Å². The van der Waals surface area contributed by atoms with E-state index in [9.17, 15) is 8.42 Å². The summed E-state index contributed by atoms with van der Waals surface area (Å²) in [4.78, 5) is 10.6. The molecule has 1 fully saturated rings. The van der Waals surface area contributed by atoms with Crippen LogP contribution in [0.15, 0.2) is 52.1 Å². The van der Waals surface area contributed by atoms with E-state index in [2.05, 4.69) is 20.0 Å². The molecular formula is C21H24N4O4S. The van der Waals surface area contributed by atoms with Crippen LogP contribution in [0.5, 0.6) is 5.75 Å². The maximum absolute atomic E-state index is 11.5. The molecule has 3 heterocycles. The highest BCUT2D eigenvalue weighted by molar-refractivity contribution is 7.90. The van der Waals surface area contributed by atoms with Crippen molar-refractivity contribution in [3.8, 4) is 16.9 Å². The van der Waals surface area contributed by atoms with E-state index < -0.39 is 9.84 Å². The number of rotatable bonds is 7. The number of aromatic nitrogens is 3. The van der Waals surface area contributed by atoms with Crippen LogP contribution in [0.3, 0.4) is 0 Å². The van der Waals surface area contributed by atoms with E-state index in [0.29, 0.717) is 18.3 Å². The van der Waals surface area contributed by atoms with Gasteiger partial charge >= 0.3 is 0 Å². The summed E-state index contributed by atoms with van der Waals surface area (Å²) in [6, 6.07) is 11.0. The van der Waals surface area contributed by atoms with Crippen LogP contribution in [-0.2, 0) is 16.4 Å². The summed E-state index contributed by atoms with van der Waals surface area (Å²) in [7, 11) is -3.29. The minimum Gasteiger partial charge on any atom is -0.488 e. The van der Waals surface area contributed by atoms with Gasteiger partial charge in [0.05, 0.1) is 6.54 Å². The lowest BCUT2D eigenvalue weighted by atomic mass is 10.1. The molecule has 8 nitrogen and oxygen atoms in total. The molecule has 4 rings (SSSR count). The van der Waals surface area contributed by atoms with Gasteiger partial charge in [-0.15, -0.1) is 0 Å². The highest BCUT2D eigenvalue weighted by Gasteiger charge is 2.29. The Bertz CT molecular complexity index is 1100. The van der Waals surface area contributed by atoms with E-state index in [1.807, 2.05) is 38.1 Å². The standard InChI is InChI=1S/C21H24N4O4S/c1-14(2)21-23-19(24-29-21)13-25-11-18(12-25)28-17-7-4-15(5-8-17)16-6-9-20(22-10-16)30(3,26)27/h4-10,14,18H,11-13H2,1-3H3. The van der Waals surface area contributed by atoms with Gasteiger partial charge in [-0.2, -0.15) is 4.98 Å². The predicted octanol–water partition coefficient (Wildman–Crippen LogP) is 2.92. The van der Waals surface area contributed by atoms with E-state index >= 15 is 0 Å². The number of likely N-dealkylation sites (tertiary alicyclic amines) is 1. The molecule has 0 radical (unpaired) electrons. The number of benzene rings is 1. The predicted molar refractivity (Wildman–Crippen MR) is 111 cm³/mol. The van der Waals surface area contributed by atoms with Crippen LogP contribution in [0.1, 0.15) is 31.5 Å². The Labute approximate surface area is 175 Å². The number of hydrogen-bond donors (Lipinski definition) is 0. The molecule has 0 amide bonds. The molecule has 1 aromatic carbocycles. The molecule has 1 saturated heterocycles. The Morgan fingerprint density at radius 3 is 2.40 bits per heavy atom. The van der Waals surface area contributed by atoms with Crippen LogP contribution < -0.4 is 4.74 Å². The first-order valence-corrected chi connectivity index (χ1v) is 11.6. The average Bonchev–Trinajstić information content (AvgIpc) is 3.15. The van der Waals surface area contributed by atoms with E-state index in [0.717, 1.165) is 36.2 Å². The average molecular weight is 429 g/mol. The van der Waals surface area contributed by atoms with Gasteiger partial charge in [0.15, 0.2) is 20.7 Å². The minimum absolute atomic E-state index is 0.0713. The summed E-state index contributed by atoms with van der Waals surface area (Å²) in [5, 5.41) is 4.09. The molecule has 3 aromatic rings. The Hall–Kier alpha value is -2.78. The first kappa shape index (κ1) is 20.5. The van der Waals surface area contributed by atoms with Gasteiger partial charge in [0.2, 0.25) is 5.89 Å². The van der Waals surface area contributed by atoms with Crippen molar-refractivity contribution in [2.45, 2.75) is 37.4 Å². The Morgan fingerprint density at radius 1 is 1.13 bits per heavy atom. The molecule has 0 saturated carbocycles. The van der Waals surface area contributed by atoms with Gasteiger partial charge in [-0.1, -0.05) is 31.1 Å². The van der Waals surface area contributed by atoms with Crippen molar-refractivity contribution in [1.82, 2.24) is 20.0 Å². The molecule has 2 aromatic heterocycles. The number of ether oxygens (including phenoxy) is 1. The van der Waals surface area contributed by atoms with Crippen LogP contribution in [0.2, 0.25) is 0 Å². The summed E-state index contributed by atoms with van der Waals surface area (Å²) in [5.74, 6) is 2.40. The maximum atomic E-state index is 11.5. The summed E-state index contributed by atoms with van der Waals surface area (Å²) < 4.78 is 34.3. The van der Waals surface area contributed by atoms with Crippen molar-refractivity contribution in [1.29, 1.82) is 0 Å². The third kappa shape index (κ3) is 4.68. The topological polar surface area (TPSA) is 98.4 Å². The van der Waals surface area contributed by atoms with E-state index in [-0.39, 0.29) is 17.0 Å². The van der Waals surface area contributed by atoms with E-state index in [1.54, 1.807) is 12.3 Å². The van der Waals surface area contributed by atoms with Gasteiger partial charge in [-0.3, -0.25) is 4.90 Å². The Kier molecular flexibility index (Phi) is 5.57. The van der Waals surface area contributed by atoms with E-state index in [1.165, 1.54) is 6.07 Å². The SMILES string of the molecule is CC(C)c1nc(CN2CC(Oc3ccc(-c4ccc(S(C)(=O)=O)nc4)cc3)C2)no1. The van der Waals surface area contributed by atoms with Crippen LogP contribution in [0, 0.1) is 0 Å². The zero-order chi connectivity index (χ0) is 21.3. The van der Waals surface area contributed by atoms with Crippen molar-refractivity contribution in [3.63, 3.8) is 0 Å². The fraction of sp³-hybridized carbons (Fsp3) is 0.381. The third-order valence-electron chi connectivity index (χ3n) is 4.87. The quantitative estimate of drug-likeness (QED) is 0.566. The fourth-order valence-corrected chi connectivity index (χ4v) is 3.74. The Balaban J connectivity index is 1.29. The van der Waals surface area contributed by atoms with Crippen molar-refractivity contribution in [2.24, 2.45) is 0 Å². The van der Waals surface area contributed by atoms with Crippen LogP contribution in [0.4, 0.5) is 0 Å². The molecular weight excluding hydrogens is 404 g/mol. The molecule has 158 valence electrons. The molecule has 0 unspecified atom stereocenters. The van der Waals surface area contributed by atoms with Crippen molar-refractivity contribution >= 4 is 9.84 Å². The van der Waals surface area contributed by atoms with E-state index in [4.69, 9.17) is 9.26 Å². The molecule has 0 spiro atoms.